The van der Waals surface area contributed by atoms with Crippen LogP contribution in [0.15, 0.2) is 0 Å². The maximum absolute atomic E-state index is 5.31. The Kier molecular flexibility index (Phi) is 93.6. The summed E-state index contributed by atoms with van der Waals surface area (Å²) in [6, 6.07) is 0. The van der Waals surface area contributed by atoms with Crippen LogP contribution in [-0.4, -0.2) is 13.2 Å². The summed E-state index contributed by atoms with van der Waals surface area (Å²) in [4.78, 5) is 0. The van der Waals surface area contributed by atoms with E-state index in [4.69, 9.17) is 4.74 Å². The van der Waals surface area contributed by atoms with E-state index in [1.165, 1.54) is 25.7 Å². The zero-order valence-corrected chi connectivity index (χ0v) is 13.6. The minimum atomic E-state index is 0. The topological polar surface area (TPSA) is 9.23 Å². The fraction of sp³-hybridized carbons (Fsp3) is 1.00. The van der Waals surface area contributed by atoms with Crippen molar-refractivity contribution in [3.05, 3.63) is 0 Å². The van der Waals surface area contributed by atoms with Gasteiger partial charge in [-0.3, -0.25) is 0 Å². The Morgan fingerprint density at radius 3 is 1.21 bits per heavy atom. The van der Waals surface area contributed by atoms with E-state index in [1.54, 1.807) is 0 Å². The van der Waals surface area contributed by atoms with Crippen LogP contribution in [0.2, 0.25) is 0 Å². The summed E-state index contributed by atoms with van der Waals surface area (Å²) < 4.78 is 5.31. The van der Waals surface area contributed by atoms with Gasteiger partial charge in [0.1, 0.15) is 0 Å². The van der Waals surface area contributed by atoms with Crippen LogP contribution in [-0.2, 0) is 26.5 Å². The summed E-state index contributed by atoms with van der Waals surface area (Å²) in [5.74, 6) is 0. The number of hydrogen-bond donors (Lipinski definition) is 0. The van der Waals surface area contributed by atoms with Crippen molar-refractivity contribution >= 4 is 49.6 Å². The van der Waals surface area contributed by atoms with E-state index < -0.39 is 0 Å². The van der Waals surface area contributed by atoms with E-state index in [2.05, 4.69) is 13.8 Å². The molecule has 0 atom stereocenters. The molecule has 0 saturated heterocycles. The molecule has 14 heavy (non-hydrogen) atoms. The van der Waals surface area contributed by atoms with Crippen LogP contribution in [0.5, 0.6) is 0 Å². The molecule has 0 N–H and O–H groups in total. The first-order valence-corrected chi connectivity index (χ1v) is 3.99. The Bertz CT molecular complexity index is 54.6. The molecule has 0 aliphatic heterocycles. The summed E-state index contributed by atoms with van der Waals surface area (Å²) in [6.45, 7) is 6.28. The fourth-order valence-corrected chi connectivity index (χ4v) is 0.595. The SMILES string of the molecule is CCCCOCCCC.Cl.Cl.Cl.Cl.[Ti]. The van der Waals surface area contributed by atoms with Crippen molar-refractivity contribution in [2.24, 2.45) is 0 Å². The quantitative estimate of drug-likeness (QED) is 0.523. The first-order valence-electron chi connectivity index (χ1n) is 3.99. The molecule has 6 heteroatoms. The summed E-state index contributed by atoms with van der Waals surface area (Å²) >= 11 is 0. The zero-order valence-electron chi connectivity index (χ0n) is 8.78. The molecule has 0 aromatic heterocycles. The van der Waals surface area contributed by atoms with Crippen molar-refractivity contribution in [3.8, 4) is 0 Å². The second-order valence-corrected chi connectivity index (χ2v) is 2.32. The Morgan fingerprint density at radius 1 is 0.714 bits per heavy atom. The van der Waals surface area contributed by atoms with Gasteiger partial charge in [-0.05, 0) is 12.8 Å². The van der Waals surface area contributed by atoms with Gasteiger partial charge in [0.25, 0.3) is 0 Å². The Hall–Kier alpha value is 1.83. The van der Waals surface area contributed by atoms with Crippen molar-refractivity contribution in [3.63, 3.8) is 0 Å². The normalized spacial score (nSPS) is 6.43. The minimum absolute atomic E-state index is 0. The van der Waals surface area contributed by atoms with Crippen LogP contribution in [0.4, 0.5) is 0 Å². The van der Waals surface area contributed by atoms with E-state index in [1.807, 2.05) is 0 Å². The Labute approximate surface area is 128 Å². The van der Waals surface area contributed by atoms with Gasteiger partial charge in [0, 0.05) is 34.9 Å². The number of rotatable bonds is 6. The molecule has 1 nitrogen and oxygen atoms in total. The molecule has 0 unspecified atom stereocenters. The Balaban J connectivity index is -0.0000000320. The summed E-state index contributed by atoms with van der Waals surface area (Å²) in [5.41, 5.74) is 0. The maximum atomic E-state index is 5.31. The van der Waals surface area contributed by atoms with Crippen LogP contribution in [0.25, 0.3) is 0 Å². The summed E-state index contributed by atoms with van der Waals surface area (Å²) in [6.07, 6.45) is 4.91. The average molecular weight is 324 g/mol. The van der Waals surface area contributed by atoms with Gasteiger partial charge in [0.15, 0.2) is 0 Å². The van der Waals surface area contributed by atoms with Gasteiger partial charge >= 0.3 is 0 Å². The van der Waals surface area contributed by atoms with E-state index >= 15 is 0 Å². The van der Waals surface area contributed by atoms with E-state index in [0.717, 1.165) is 13.2 Å². The maximum Gasteiger partial charge on any atom is 0.0465 e. The molecule has 92 valence electrons. The molecular weight excluding hydrogens is 302 g/mol. The number of halogens is 4. The van der Waals surface area contributed by atoms with Crippen molar-refractivity contribution < 1.29 is 26.5 Å². The fourth-order valence-electron chi connectivity index (χ4n) is 0.595. The molecule has 0 fully saturated rings. The van der Waals surface area contributed by atoms with Gasteiger partial charge in [-0.15, -0.1) is 49.6 Å². The third-order valence-corrected chi connectivity index (χ3v) is 1.28. The van der Waals surface area contributed by atoms with Crippen LogP contribution >= 0.6 is 49.6 Å². The predicted octanol–water partition coefficient (Wildman–Crippen LogP) is 4.29. The van der Waals surface area contributed by atoms with Crippen LogP contribution in [0.3, 0.4) is 0 Å². The summed E-state index contributed by atoms with van der Waals surface area (Å²) in [5, 5.41) is 0. The number of unbranched alkanes of at least 4 members (excludes halogenated alkanes) is 2. The largest absolute Gasteiger partial charge is 0.381 e. The second kappa shape index (κ2) is 36.4. The molecule has 0 aliphatic carbocycles. The van der Waals surface area contributed by atoms with Crippen LogP contribution in [0.1, 0.15) is 39.5 Å². The smallest absolute Gasteiger partial charge is 0.0465 e. The van der Waals surface area contributed by atoms with Gasteiger partial charge in [-0.1, -0.05) is 26.7 Å². The molecular formula is C8H22Cl4OTi. The molecule has 0 amide bonds. The van der Waals surface area contributed by atoms with E-state index in [9.17, 15) is 0 Å². The average Bonchev–Trinajstić information content (AvgIpc) is 1.89. The standard InChI is InChI=1S/C8H18O.4ClH.Ti/c1-3-5-7-9-8-6-4-2;;;;;/h3-8H2,1-2H3;4*1H;. The minimum Gasteiger partial charge on any atom is -0.381 e. The van der Waals surface area contributed by atoms with E-state index in [-0.39, 0.29) is 71.3 Å². The molecule has 0 aliphatic rings. The van der Waals surface area contributed by atoms with Gasteiger partial charge in [-0.25, -0.2) is 0 Å². The molecule has 0 aromatic rings. The van der Waals surface area contributed by atoms with Crippen molar-refractivity contribution in [1.82, 2.24) is 0 Å². The van der Waals surface area contributed by atoms with Gasteiger partial charge in [0.05, 0.1) is 0 Å². The molecule has 0 rings (SSSR count). The second-order valence-electron chi connectivity index (χ2n) is 2.32. The van der Waals surface area contributed by atoms with Gasteiger partial charge < -0.3 is 4.74 Å². The number of hydrogen-bond acceptors (Lipinski definition) is 1. The Morgan fingerprint density at radius 2 is 1.00 bits per heavy atom. The van der Waals surface area contributed by atoms with E-state index in [0.29, 0.717) is 0 Å². The first kappa shape index (κ1) is 36.0. The number of ether oxygens (including phenoxy) is 1. The van der Waals surface area contributed by atoms with Crippen LogP contribution in [0, 0.1) is 0 Å². The third-order valence-electron chi connectivity index (χ3n) is 1.28. The molecule has 0 bridgehead atoms. The molecule has 0 spiro atoms. The molecule has 0 radical (unpaired) electrons. The zero-order chi connectivity index (χ0) is 6.95. The van der Waals surface area contributed by atoms with Crippen LogP contribution < -0.4 is 0 Å². The predicted molar refractivity (Wildman–Crippen MR) is 69.6 cm³/mol. The van der Waals surface area contributed by atoms with Crippen molar-refractivity contribution in [2.75, 3.05) is 13.2 Å². The molecule has 0 aromatic carbocycles. The molecule has 0 heterocycles. The third kappa shape index (κ3) is 37.1. The first-order chi connectivity index (χ1) is 4.41. The van der Waals surface area contributed by atoms with Gasteiger partial charge in [-0.2, -0.15) is 0 Å². The van der Waals surface area contributed by atoms with Crippen molar-refractivity contribution in [2.45, 2.75) is 39.5 Å². The van der Waals surface area contributed by atoms with Crippen molar-refractivity contribution in [1.29, 1.82) is 0 Å². The monoisotopic (exact) mass is 322 g/mol. The molecule has 0 saturated carbocycles. The van der Waals surface area contributed by atoms with Gasteiger partial charge in [0.2, 0.25) is 0 Å². The summed E-state index contributed by atoms with van der Waals surface area (Å²) in [7, 11) is 0.